The molecule has 0 bridgehead atoms. The van der Waals surface area contributed by atoms with Crippen molar-refractivity contribution in [3.63, 3.8) is 0 Å². The van der Waals surface area contributed by atoms with Crippen LogP contribution in [-0.4, -0.2) is 43.8 Å². The topological polar surface area (TPSA) is 86.8 Å². The fourth-order valence-corrected chi connectivity index (χ4v) is 7.06. The van der Waals surface area contributed by atoms with E-state index in [-0.39, 0.29) is 29.1 Å². The molecule has 2 amide bonds. The molecule has 1 N–H and O–H groups in total. The molecular formula is C33H40ClN3O4S. The van der Waals surface area contributed by atoms with E-state index < -0.39 is 28.5 Å². The molecule has 3 aromatic rings. The van der Waals surface area contributed by atoms with E-state index in [4.69, 9.17) is 11.6 Å². The SMILES string of the molecule is CC[C@H](C(=O)NC1CCCCC1)N(Cc1cccc(C)c1)C(=O)CN(c1cccc(Cl)c1)S(=O)(=O)c1ccc(C)cc1. The number of sulfonamides is 1. The van der Waals surface area contributed by atoms with Crippen LogP contribution in [-0.2, 0) is 26.2 Å². The van der Waals surface area contributed by atoms with Crippen LogP contribution in [0.1, 0.15) is 62.1 Å². The van der Waals surface area contributed by atoms with Crippen molar-refractivity contribution in [1.29, 1.82) is 0 Å². The molecule has 1 saturated carbocycles. The number of hydrogen-bond acceptors (Lipinski definition) is 4. The summed E-state index contributed by atoms with van der Waals surface area (Å²) in [7, 11) is -4.14. The quantitative estimate of drug-likeness (QED) is 0.272. The Labute approximate surface area is 254 Å². The van der Waals surface area contributed by atoms with E-state index >= 15 is 0 Å². The standard InChI is InChI=1S/C33H40ClN3O4S/c1-4-31(33(39)35-28-13-6-5-7-14-28)36(22-26-11-8-10-25(3)20-26)32(38)23-37(29-15-9-12-27(34)21-29)42(40,41)30-18-16-24(2)17-19-30/h8-12,15-21,28,31H,4-7,13-14,22-23H2,1-3H3,(H,35,39)/t31-/m1/s1. The lowest BCUT2D eigenvalue weighted by Crippen LogP contribution is -2.54. The Morgan fingerprint density at radius 2 is 1.62 bits per heavy atom. The van der Waals surface area contributed by atoms with Gasteiger partial charge in [-0.05, 0) is 69.0 Å². The number of nitrogens with one attached hydrogen (secondary N) is 1. The lowest BCUT2D eigenvalue weighted by atomic mass is 9.95. The van der Waals surface area contributed by atoms with Crippen LogP contribution in [0.4, 0.5) is 5.69 Å². The first-order valence-corrected chi connectivity index (χ1v) is 16.4. The van der Waals surface area contributed by atoms with Crippen LogP contribution < -0.4 is 9.62 Å². The zero-order chi connectivity index (χ0) is 30.3. The fourth-order valence-electron chi connectivity index (χ4n) is 5.47. The van der Waals surface area contributed by atoms with Gasteiger partial charge in [0.05, 0.1) is 10.6 Å². The second-order valence-electron chi connectivity index (χ2n) is 11.1. The summed E-state index contributed by atoms with van der Waals surface area (Å²) in [5.41, 5.74) is 3.08. The third-order valence-corrected chi connectivity index (χ3v) is 9.78. The monoisotopic (exact) mass is 609 g/mol. The zero-order valence-corrected chi connectivity index (χ0v) is 26.1. The van der Waals surface area contributed by atoms with Gasteiger partial charge in [-0.15, -0.1) is 0 Å². The number of benzene rings is 3. The number of anilines is 1. The third-order valence-electron chi connectivity index (χ3n) is 7.76. The van der Waals surface area contributed by atoms with E-state index in [1.807, 2.05) is 45.0 Å². The number of aryl methyl sites for hydroxylation is 2. The predicted molar refractivity (Wildman–Crippen MR) is 168 cm³/mol. The van der Waals surface area contributed by atoms with Crippen molar-refractivity contribution < 1.29 is 18.0 Å². The Balaban J connectivity index is 1.71. The molecule has 3 aromatic carbocycles. The van der Waals surface area contributed by atoms with Crippen LogP contribution in [0.2, 0.25) is 5.02 Å². The highest BCUT2D eigenvalue weighted by atomic mass is 35.5. The largest absolute Gasteiger partial charge is 0.352 e. The van der Waals surface area contributed by atoms with Crippen LogP contribution in [0, 0.1) is 13.8 Å². The van der Waals surface area contributed by atoms with Gasteiger partial charge in [-0.1, -0.05) is 91.4 Å². The zero-order valence-electron chi connectivity index (χ0n) is 24.6. The maximum absolute atomic E-state index is 14.2. The highest BCUT2D eigenvalue weighted by molar-refractivity contribution is 7.92. The Morgan fingerprint density at radius 3 is 2.26 bits per heavy atom. The van der Waals surface area contributed by atoms with Crippen LogP contribution in [0.15, 0.2) is 77.7 Å². The Bertz CT molecular complexity index is 1490. The van der Waals surface area contributed by atoms with Crippen molar-refractivity contribution in [3.05, 3.63) is 94.5 Å². The molecule has 0 saturated heterocycles. The number of rotatable bonds is 11. The molecule has 1 atom stereocenters. The summed E-state index contributed by atoms with van der Waals surface area (Å²) in [5, 5.41) is 3.52. The molecule has 1 fully saturated rings. The second-order valence-corrected chi connectivity index (χ2v) is 13.4. The van der Waals surface area contributed by atoms with Gasteiger partial charge in [0.2, 0.25) is 11.8 Å². The summed E-state index contributed by atoms with van der Waals surface area (Å²) < 4.78 is 29.1. The van der Waals surface area contributed by atoms with Gasteiger partial charge in [-0.3, -0.25) is 13.9 Å². The van der Waals surface area contributed by atoms with Gasteiger partial charge in [0.1, 0.15) is 12.6 Å². The van der Waals surface area contributed by atoms with Gasteiger partial charge in [-0.25, -0.2) is 8.42 Å². The smallest absolute Gasteiger partial charge is 0.264 e. The molecule has 1 aliphatic rings. The summed E-state index contributed by atoms with van der Waals surface area (Å²) in [6.07, 6.45) is 5.53. The number of halogens is 1. The van der Waals surface area contributed by atoms with E-state index in [0.717, 1.165) is 53.1 Å². The first kappa shape index (κ1) is 31.6. The minimum atomic E-state index is -4.14. The molecule has 224 valence electrons. The fraction of sp³-hybridized carbons (Fsp3) is 0.394. The maximum Gasteiger partial charge on any atom is 0.264 e. The lowest BCUT2D eigenvalue weighted by Gasteiger charge is -2.34. The summed E-state index contributed by atoms with van der Waals surface area (Å²) in [6, 6.07) is 20.0. The average Bonchev–Trinajstić information content (AvgIpc) is 2.96. The normalized spacial score (nSPS) is 14.7. The number of carbonyl (C=O) groups excluding carboxylic acids is 2. The number of carbonyl (C=O) groups is 2. The molecule has 0 aliphatic heterocycles. The minimum absolute atomic E-state index is 0.0631. The average molecular weight is 610 g/mol. The van der Waals surface area contributed by atoms with Crippen molar-refractivity contribution in [2.24, 2.45) is 0 Å². The number of hydrogen-bond donors (Lipinski definition) is 1. The molecule has 0 unspecified atom stereocenters. The molecule has 0 heterocycles. The van der Waals surface area contributed by atoms with Gasteiger partial charge in [0.25, 0.3) is 10.0 Å². The van der Waals surface area contributed by atoms with Gasteiger partial charge < -0.3 is 10.2 Å². The summed E-state index contributed by atoms with van der Waals surface area (Å²) in [6.45, 7) is 5.40. The van der Waals surface area contributed by atoms with Gasteiger partial charge in [0.15, 0.2) is 0 Å². The molecule has 0 spiro atoms. The summed E-state index contributed by atoms with van der Waals surface area (Å²) in [4.78, 5) is 29.5. The van der Waals surface area contributed by atoms with E-state index in [0.29, 0.717) is 11.4 Å². The molecule has 42 heavy (non-hydrogen) atoms. The first-order valence-electron chi connectivity index (χ1n) is 14.6. The van der Waals surface area contributed by atoms with Gasteiger partial charge in [0, 0.05) is 17.6 Å². The maximum atomic E-state index is 14.2. The highest BCUT2D eigenvalue weighted by Crippen LogP contribution is 2.27. The second kappa shape index (κ2) is 14.2. The van der Waals surface area contributed by atoms with E-state index in [1.54, 1.807) is 30.3 Å². The molecule has 4 rings (SSSR count). The van der Waals surface area contributed by atoms with Crippen LogP contribution >= 0.6 is 11.6 Å². The van der Waals surface area contributed by atoms with Crippen LogP contribution in [0.5, 0.6) is 0 Å². The summed E-state index contributed by atoms with van der Waals surface area (Å²) >= 11 is 6.26. The van der Waals surface area contributed by atoms with E-state index in [2.05, 4.69) is 5.32 Å². The molecule has 9 heteroatoms. The third kappa shape index (κ3) is 7.92. The molecule has 0 aromatic heterocycles. The molecule has 1 aliphatic carbocycles. The van der Waals surface area contributed by atoms with E-state index in [9.17, 15) is 18.0 Å². The molecule has 7 nitrogen and oxygen atoms in total. The molecule has 0 radical (unpaired) electrons. The lowest BCUT2D eigenvalue weighted by molar-refractivity contribution is -0.140. The van der Waals surface area contributed by atoms with Crippen LogP contribution in [0.3, 0.4) is 0 Å². The van der Waals surface area contributed by atoms with Crippen molar-refractivity contribution >= 4 is 39.1 Å². The summed E-state index contributed by atoms with van der Waals surface area (Å²) in [5.74, 6) is -0.682. The van der Waals surface area contributed by atoms with Crippen molar-refractivity contribution in [2.75, 3.05) is 10.8 Å². The Morgan fingerprint density at radius 1 is 0.929 bits per heavy atom. The van der Waals surface area contributed by atoms with Crippen molar-refractivity contribution in [3.8, 4) is 0 Å². The van der Waals surface area contributed by atoms with E-state index in [1.165, 1.54) is 23.1 Å². The number of nitrogens with zero attached hydrogens (tertiary/aromatic N) is 2. The van der Waals surface area contributed by atoms with Gasteiger partial charge in [-0.2, -0.15) is 0 Å². The van der Waals surface area contributed by atoms with Crippen molar-refractivity contribution in [1.82, 2.24) is 10.2 Å². The Hall–Kier alpha value is -3.36. The van der Waals surface area contributed by atoms with Crippen molar-refractivity contribution in [2.45, 2.75) is 82.8 Å². The Kier molecular flexibility index (Phi) is 10.7. The van der Waals surface area contributed by atoms with Crippen LogP contribution in [0.25, 0.3) is 0 Å². The molecular weight excluding hydrogens is 570 g/mol. The predicted octanol–water partition coefficient (Wildman–Crippen LogP) is 6.41. The number of amides is 2. The van der Waals surface area contributed by atoms with Gasteiger partial charge >= 0.3 is 0 Å². The highest BCUT2D eigenvalue weighted by Gasteiger charge is 2.34. The minimum Gasteiger partial charge on any atom is -0.352 e. The first-order chi connectivity index (χ1) is 20.1.